The summed E-state index contributed by atoms with van der Waals surface area (Å²) in [5.41, 5.74) is 4.32. The van der Waals surface area contributed by atoms with E-state index in [0.717, 1.165) is 24.1 Å². The molecule has 1 aromatic rings. The maximum absolute atomic E-state index is 4.97. The predicted octanol–water partition coefficient (Wildman–Crippen LogP) is 7.22. The Kier molecular flexibility index (Phi) is 7.70. The van der Waals surface area contributed by atoms with E-state index in [0.29, 0.717) is 0 Å². The van der Waals surface area contributed by atoms with Crippen LogP contribution in [0.3, 0.4) is 0 Å². The Bertz CT molecular complexity index is 574. The van der Waals surface area contributed by atoms with Gasteiger partial charge in [0.25, 0.3) is 0 Å². The number of aromatic nitrogens is 1. The van der Waals surface area contributed by atoms with Crippen molar-refractivity contribution in [3.05, 3.63) is 23.4 Å². The van der Waals surface area contributed by atoms with Crippen LogP contribution < -0.4 is 0 Å². The summed E-state index contributed by atoms with van der Waals surface area (Å²) >= 11 is 0. The normalized spacial score (nSPS) is 21.8. The summed E-state index contributed by atoms with van der Waals surface area (Å²) in [6, 6.07) is 2.28. The minimum Gasteiger partial charge on any atom is -0.238 e. The second-order valence-corrected chi connectivity index (χ2v) is 8.58. The molecule has 0 radical (unpaired) electrons. The van der Waals surface area contributed by atoms with Gasteiger partial charge in [0.1, 0.15) is 0 Å². The molecule has 0 aromatic carbocycles. The van der Waals surface area contributed by atoms with Crippen LogP contribution in [0.4, 0.5) is 5.82 Å². The van der Waals surface area contributed by atoms with E-state index in [2.05, 4.69) is 31.1 Å². The maximum atomic E-state index is 4.97. The molecule has 2 heteroatoms. The molecule has 0 amide bonds. The van der Waals surface area contributed by atoms with Gasteiger partial charge in [-0.15, -0.1) is 0 Å². The van der Waals surface area contributed by atoms with Crippen molar-refractivity contribution in [1.82, 2.24) is 4.98 Å². The van der Waals surface area contributed by atoms with Gasteiger partial charge in [-0.2, -0.15) is 0 Å². The van der Waals surface area contributed by atoms with Crippen molar-refractivity contribution < 1.29 is 0 Å². The van der Waals surface area contributed by atoms with Crippen LogP contribution in [0.1, 0.15) is 102 Å². The summed E-state index contributed by atoms with van der Waals surface area (Å²) in [4.78, 5) is 9.65. The highest BCUT2D eigenvalue weighted by Gasteiger charge is 2.26. The van der Waals surface area contributed by atoms with Gasteiger partial charge < -0.3 is 0 Å². The van der Waals surface area contributed by atoms with Gasteiger partial charge >= 0.3 is 0 Å². The molecular formula is C24H38N2. The zero-order chi connectivity index (χ0) is 18.2. The van der Waals surface area contributed by atoms with Crippen molar-refractivity contribution in [1.29, 1.82) is 0 Å². The lowest BCUT2D eigenvalue weighted by Gasteiger charge is -2.33. The van der Waals surface area contributed by atoms with Crippen LogP contribution in [0.25, 0.3) is 0 Å². The first kappa shape index (κ1) is 19.6. The Morgan fingerprint density at radius 3 is 2.31 bits per heavy atom. The van der Waals surface area contributed by atoms with Crippen molar-refractivity contribution in [2.24, 2.45) is 16.8 Å². The highest BCUT2D eigenvalue weighted by atomic mass is 14.9. The topological polar surface area (TPSA) is 25.2 Å². The molecule has 2 aliphatic rings. The van der Waals surface area contributed by atoms with Crippen molar-refractivity contribution in [2.45, 2.75) is 104 Å². The van der Waals surface area contributed by atoms with Crippen LogP contribution in [0.2, 0.25) is 0 Å². The lowest BCUT2D eigenvalue weighted by molar-refractivity contribution is 0.221. The molecule has 0 atom stereocenters. The Balaban J connectivity index is 1.62. The molecule has 0 aliphatic heterocycles. The summed E-state index contributed by atoms with van der Waals surface area (Å²) < 4.78 is 0. The molecule has 0 unspecified atom stereocenters. The number of aryl methyl sites for hydroxylation is 2. The van der Waals surface area contributed by atoms with Gasteiger partial charge in [-0.1, -0.05) is 58.8 Å². The minimum absolute atomic E-state index is 0.960. The molecule has 144 valence electrons. The Labute approximate surface area is 160 Å². The van der Waals surface area contributed by atoms with Crippen LogP contribution in [0.5, 0.6) is 0 Å². The Morgan fingerprint density at radius 1 is 0.885 bits per heavy atom. The first-order valence-electron chi connectivity index (χ1n) is 11.3. The van der Waals surface area contributed by atoms with E-state index in [9.17, 15) is 0 Å². The molecular weight excluding hydrogens is 316 g/mol. The summed E-state index contributed by atoms with van der Waals surface area (Å²) in [6.45, 7) is 4.52. The third-order valence-electron chi connectivity index (χ3n) is 6.58. The van der Waals surface area contributed by atoms with Crippen LogP contribution >= 0.6 is 0 Å². The summed E-state index contributed by atoms with van der Waals surface area (Å²) in [5, 5.41) is 0. The lowest BCUT2D eigenvalue weighted by Crippen LogP contribution is -2.23. The van der Waals surface area contributed by atoms with E-state index in [1.807, 2.05) is 0 Å². The summed E-state index contributed by atoms with van der Waals surface area (Å²) in [5.74, 6) is 2.94. The number of nitrogens with zero attached hydrogens (tertiary/aromatic N) is 2. The van der Waals surface area contributed by atoms with Crippen molar-refractivity contribution >= 4 is 11.5 Å². The lowest BCUT2D eigenvalue weighted by atomic mass is 9.73. The van der Waals surface area contributed by atoms with E-state index in [-0.39, 0.29) is 0 Å². The minimum atomic E-state index is 0.960. The quantitative estimate of drug-likeness (QED) is 0.507. The van der Waals surface area contributed by atoms with E-state index in [4.69, 9.17) is 4.99 Å². The molecule has 0 N–H and O–H groups in total. The molecule has 1 aromatic heterocycles. The standard InChI is InChI=1S/C24H38N2/c1-3-5-10-21-17-24(25-18-22(21)9-4-2)26-23-15-13-20(14-16-23)19-11-7-6-8-12-19/h17-20H,3-16H2,1-2H3. The van der Waals surface area contributed by atoms with Gasteiger partial charge in [0.05, 0.1) is 0 Å². The van der Waals surface area contributed by atoms with Gasteiger partial charge in [-0.05, 0) is 74.0 Å². The summed E-state index contributed by atoms with van der Waals surface area (Å²) in [7, 11) is 0. The largest absolute Gasteiger partial charge is 0.238 e. The third-order valence-corrected chi connectivity index (χ3v) is 6.58. The molecule has 2 saturated carbocycles. The van der Waals surface area contributed by atoms with Crippen LogP contribution in [0, 0.1) is 11.8 Å². The van der Waals surface area contributed by atoms with Gasteiger partial charge in [0, 0.05) is 11.9 Å². The number of hydrogen-bond acceptors (Lipinski definition) is 2. The number of pyridine rings is 1. The molecule has 1 heterocycles. The van der Waals surface area contributed by atoms with E-state index >= 15 is 0 Å². The highest BCUT2D eigenvalue weighted by Crippen LogP contribution is 2.38. The molecule has 3 rings (SSSR count). The van der Waals surface area contributed by atoms with Crippen LogP contribution in [0.15, 0.2) is 17.3 Å². The van der Waals surface area contributed by atoms with Crippen LogP contribution in [-0.4, -0.2) is 10.7 Å². The number of unbranched alkanes of at least 4 members (excludes halogenated alkanes) is 1. The smallest absolute Gasteiger partial charge is 0.151 e. The zero-order valence-corrected chi connectivity index (χ0v) is 17.1. The number of hydrogen-bond donors (Lipinski definition) is 0. The van der Waals surface area contributed by atoms with Crippen molar-refractivity contribution in [3.63, 3.8) is 0 Å². The fourth-order valence-corrected chi connectivity index (χ4v) is 4.99. The second kappa shape index (κ2) is 10.2. The van der Waals surface area contributed by atoms with Gasteiger partial charge in [-0.25, -0.2) is 9.98 Å². The zero-order valence-electron chi connectivity index (χ0n) is 17.1. The fourth-order valence-electron chi connectivity index (χ4n) is 4.99. The first-order valence-corrected chi connectivity index (χ1v) is 11.3. The van der Waals surface area contributed by atoms with Crippen molar-refractivity contribution in [3.8, 4) is 0 Å². The highest BCUT2D eigenvalue weighted by molar-refractivity contribution is 5.87. The van der Waals surface area contributed by atoms with Gasteiger partial charge in [0.2, 0.25) is 0 Å². The summed E-state index contributed by atoms with van der Waals surface area (Å²) in [6.07, 6.45) is 20.6. The Morgan fingerprint density at radius 2 is 1.62 bits per heavy atom. The molecule has 2 nitrogen and oxygen atoms in total. The molecule has 0 spiro atoms. The van der Waals surface area contributed by atoms with Crippen LogP contribution in [-0.2, 0) is 12.8 Å². The molecule has 0 bridgehead atoms. The predicted molar refractivity (Wildman–Crippen MR) is 112 cm³/mol. The molecule has 26 heavy (non-hydrogen) atoms. The Hall–Kier alpha value is -1.18. The molecule has 0 saturated heterocycles. The number of aliphatic imine (C=N–C) groups is 1. The SMILES string of the molecule is CCCCc1cc(N=C2CCC(C3CCCCC3)CC2)ncc1CCC. The monoisotopic (exact) mass is 354 g/mol. The first-order chi connectivity index (χ1) is 12.8. The second-order valence-electron chi connectivity index (χ2n) is 8.58. The average molecular weight is 355 g/mol. The van der Waals surface area contributed by atoms with E-state index in [1.165, 1.54) is 100 Å². The van der Waals surface area contributed by atoms with E-state index < -0.39 is 0 Å². The fraction of sp³-hybridized carbons (Fsp3) is 0.750. The third kappa shape index (κ3) is 5.41. The maximum Gasteiger partial charge on any atom is 0.151 e. The van der Waals surface area contributed by atoms with Gasteiger partial charge in [0.15, 0.2) is 5.82 Å². The molecule has 2 aliphatic carbocycles. The number of rotatable bonds is 7. The van der Waals surface area contributed by atoms with Crippen molar-refractivity contribution in [2.75, 3.05) is 0 Å². The van der Waals surface area contributed by atoms with Gasteiger partial charge in [-0.3, -0.25) is 0 Å². The molecule has 2 fully saturated rings. The van der Waals surface area contributed by atoms with E-state index in [1.54, 1.807) is 0 Å². The average Bonchev–Trinajstić information content (AvgIpc) is 2.69.